The van der Waals surface area contributed by atoms with Crippen molar-refractivity contribution in [2.24, 2.45) is 0 Å². The van der Waals surface area contributed by atoms with Gasteiger partial charge in [-0.15, -0.1) is 11.3 Å². The third-order valence-electron chi connectivity index (χ3n) is 2.67. The van der Waals surface area contributed by atoms with Crippen LogP contribution in [0.15, 0.2) is 9.85 Å². The van der Waals surface area contributed by atoms with Gasteiger partial charge in [-0.3, -0.25) is 4.79 Å². The van der Waals surface area contributed by atoms with Crippen LogP contribution < -0.4 is 0 Å². The minimum Gasteiger partial charge on any atom is -0.394 e. The average Bonchev–Trinajstić information content (AvgIpc) is 2.57. The number of likely N-dealkylation sites (N-methyl/N-ethyl adjacent to an activating group) is 1. The molecule has 0 unspecified atom stereocenters. The summed E-state index contributed by atoms with van der Waals surface area (Å²) in [6.45, 7) is 5.57. The van der Waals surface area contributed by atoms with Crippen LogP contribution in [0, 0.1) is 6.92 Å². The van der Waals surface area contributed by atoms with Gasteiger partial charge in [-0.1, -0.05) is 0 Å². The number of amides is 1. The highest BCUT2D eigenvalue weighted by atomic mass is 79.9. The van der Waals surface area contributed by atoms with Crippen LogP contribution in [0.2, 0.25) is 0 Å². The highest BCUT2D eigenvalue weighted by molar-refractivity contribution is 9.11. The van der Waals surface area contributed by atoms with Gasteiger partial charge in [0, 0.05) is 7.05 Å². The van der Waals surface area contributed by atoms with E-state index in [2.05, 4.69) is 15.9 Å². The van der Waals surface area contributed by atoms with Gasteiger partial charge >= 0.3 is 0 Å². The molecule has 0 aliphatic heterocycles. The fourth-order valence-electron chi connectivity index (χ4n) is 1.11. The Bertz CT molecular complexity index is 381. The quantitative estimate of drug-likeness (QED) is 0.932. The van der Waals surface area contributed by atoms with Gasteiger partial charge in [-0.2, -0.15) is 0 Å². The van der Waals surface area contributed by atoms with Gasteiger partial charge in [-0.05, 0) is 48.3 Å². The first-order valence-corrected chi connectivity index (χ1v) is 6.55. The first-order chi connectivity index (χ1) is 7.29. The second kappa shape index (κ2) is 4.85. The van der Waals surface area contributed by atoms with Crippen LogP contribution in [-0.2, 0) is 0 Å². The van der Waals surface area contributed by atoms with E-state index in [4.69, 9.17) is 0 Å². The monoisotopic (exact) mass is 305 g/mol. The number of hydrogen-bond acceptors (Lipinski definition) is 3. The Balaban J connectivity index is 2.94. The lowest BCUT2D eigenvalue weighted by Crippen LogP contribution is -2.47. The molecule has 0 spiro atoms. The highest BCUT2D eigenvalue weighted by Gasteiger charge is 2.28. The maximum Gasteiger partial charge on any atom is 0.264 e. The molecule has 5 heteroatoms. The molecule has 1 amide bonds. The molecule has 0 bridgehead atoms. The molecule has 0 aliphatic rings. The Hall–Kier alpha value is -0.390. The fraction of sp³-hybridized carbons (Fsp3) is 0.545. The lowest BCUT2D eigenvalue weighted by atomic mass is 10.1. The highest BCUT2D eigenvalue weighted by Crippen LogP contribution is 2.29. The predicted octanol–water partition coefficient (Wildman–Crippen LogP) is 2.66. The van der Waals surface area contributed by atoms with E-state index in [-0.39, 0.29) is 12.5 Å². The summed E-state index contributed by atoms with van der Waals surface area (Å²) in [6.07, 6.45) is 0. The number of hydrogen-bond donors (Lipinski definition) is 1. The Labute approximate surface area is 108 Å². The zero-order valence-electron chi connectivity index (χ0n) is 9.87. The van der Waals surface area contributed by atoms with Gasteiger partial charge < -0.3 is 10.0 Å². The molecule has 3 nitrogen and oxygen atoms in total. The molecule has 0 radical (unpaired) electrons. The lowest BCUT2D eigenvalue weighted by Gasteiger charge is -2.33. The average molecular weight is 306 g/mol. The Kier molecular flexibility index (Phi) is 4.15. The first kappa shape index (κ1) is 13.7. The predicted molar refractivity (Wildman–Crippen MR) is 70.0 cm³/mol. The zero-order chi connectivity index (χ0) is 12.5. The van der Waals surface area contributed by atoms with Crippen molar-refractivity contribution in [3.63, 3.8) is 0 Å². The van der Waals surface area contributed by atoms with E-state index in [1.807, 2.05) is 26.8 Å². The summed E-state index contributed by atoms with van der Waals surface area (Å²) in [5.74, 6) is -0.0575. The minimum absolute atomic E-state index is 0.0548. The van der Waals surface area contributed by atoms with Crippen molar-refractivity contribution in [3.8, 4) is 0 Å². The summed E-state index contributed by atoms with van der Waals surface area (Å²) in [5, 5.41) is 9.22. The molecule has 1 rings (SSSR count). The maximum absolute atomic E-state index is 12.1. The molecule has 1 aromatic heterocycles. The first-order valence-electron chi connectivity index (χ1n) is 4.94. The van der Waals surface area contributed by atoms with Crippen molar-refractivity contribution < 1.29 is 9.90 Å². The second-order valence-corrected chi connectivity index (χ2v) is 6.77. The molecule has 90 valence electrons. The van der Waals surface area contributed by atoms with Crippen molar-refractivity contribution in [1.82, 2.24) is 4.90 Å². The Morgan fingerprint density at radius 2 is 2.19 bits per heavy atom. The van der Waals surface area contributed by atoms with Crippen molar-refractivity contribution >= 4 is 33.2 Å². The summed E-state index contributed by atoms with van der Waals surface area (Å²) in [4.78, 5) is 14.4. The Morgan fingerprint density at radius 1 is 1.62 bits per heavy atom. The van der Waals surface area contributed by atoms with E-state index >= 15 is 0 Å². The van der Waals surface area contributed by atoms with Crippen LogP contribution >= 0.6 is 27.3 Å². The number of thiophene rings is 1. The smallest absolute Gasteiger partial charge is 0.264 e. The summed E-state index contributed by atoms with van der Waals surface area (Å²) < 4.78 is 0.978. The summed E-state index contributed by atoms with van der Waals surface area (Å²) in [5.41, 5.74) is 0.519. The largest absolute Gasteiger partial charge is 0.394 e. The molecular formula is C11H16BrNO2S. The molecule has 1 N–H and O–H groups in total. The topological polar surface area (TPSA) is 40.5 Å². The lowest BCUT2D eigenvalue weighted by molar-refractivity contribution is 0.0478. The van der Waals surface area contributed by atoms with E-state index in [1.165, 1.54) is 11.3 Å². The number of aryl methyl sites for hydroxylation is 1. The molecule has 0 aromatic carbocycles. The number of aliphatic hydroxyl groups is 1. The van der Waals surface area contributed by atoms with Gasteiger partial charge in [0.25, 0.3) is 5.91 Å². The van der Waals surface area contributed by atoms with Crippen molar-refractivity contribution in [3.05, 3.63) is 20.3 Å². The molecule has 0 aliphatic carbocycles. The van der Waals surface area contributed by atoms with Crippen LogP contribution in [0.4, 0.5) is 0 Å². The molecule has 1 heterocycles. The minimum atomic E-state index is -0.540. The van der Waals surface area contributed by atoms with Crippen LogP contribution in [0.1, 0.15) is 29.1 Å². The van der Waals surface area contributed by atoms with Gasteiger partial charge in [0.05, 0.1) is 20.8 Å². The number of rotatable bonds is 3. The number of nitrogens with zero attached hydrogens (tertiary/aromatic N) is 1. The molecule has 0 atom stereocenters. The number of halogens is 1. The number of carbonyl (C=O) groups excluding carboxylic acids is 1. The fourth-order valence-corrected chi connectivity index (χ4v) is 2.62. The Morgan fingerprint density at radius 3 is 2.56 bits per heavy atom. The number of carbonyl (C=O) groups is 1. The van der Waals surface area contributed by atoms with Crippen LogP contribution in [-0.4, -0.2) is 35.1 Å². The standard InChI is InChI=1S/C11H16BrNO2S/c1-7-5-8(16-9(7)12)10(15)13(4)11(2,3)6-14/h5,14H,6H2,1-4H3. The summed E-state index contributed by atoms with van der Waals surface area (Å²) >= 11 is 4.82. The third kappa shape index (κ3) is 2.64. The molecule has 16 heavy (non-hydrogen) atoms. The van der Waals surface area contributed by atoms with Gasteiger partial charge in [-0.25, -0.2) is 0 Å². The second-order valence-electron chi connectivity index (χ2n) is 4.40. The van der Waals surface area contributed by atoms with Gasteiger partial charge in [0.1, 0.15) is 0 Å². The van der Waals surface area contributed by atoms with Crippen molar-refractivity contribution in [2.75, 3.05) is 13.7 Å². The molecule has 0 fully saturated rings. The van der Waals surface area contributed by atoms with Crippen molar-refractivity contribution in [1.29, 1.82) is 0 Å². The van der Waals surface area contributed by atoms with Gasteiger partial charge in [0.2, 0.25) is 0 Å². The molecular weight excluding hydrogens is 290 g/mol. The normalized spacial score (nSPS) is 11.6. The van der Waals surface area contributed by atoms with E-state index in [0.29, 0.717) is 4.88 Å². The third-order valence-corrected chi connectivity index (χ3v) is 4.79. The van der Waals surface area contributed by atoms with E-state index in [9.17, 15) is 9.90 Å². The summed E-state index contributed by atoms with van der Waals surface area (Å²) in [7, 11) is 1.71. The zero-order valence-corrected chi connectivity index (χ0v) is 12.3. The van der Waals surface area contributed by atoms with Crippen LogP contribution in [0.25, 0.3) is 0 Å². The SMILES string of the molecule is Cc1cc(C(=O)N(C)C(C)(C)CO)sc1Br. The van der Waals surface area contributed by atoms with Crippen molar-refractivity contribution in [2.45, 2.75) is 26.3 Å². The van der Waals surface area contributed by atoms with E-state index < -0.39 is 5.54 Å². The van der Waals surface area contributed by atoms with E-state index in [1.54, 1.807) is 11.9 Å². The molecule has 0 saturated carbocycles. The van der Waals surface area contributed by atoms with E-state index in [0.717, 1.165) is 9.35 Å². The van der Waals surface area contributed by atoms with Crippen LogP contribution in [0.5, 0.6) is 0 Å². The van der Waals surface area contributed by atoms with Gasteiger partial charge in [0.15, 0.2) is 0 Å². The number of aliphatic hydroxyl groups excluding tert-OH is 1. The molecule has 0 saturated heterocycles. The maximum atomic E-state index is 12.1. The summed E-state index contributed by atoms with van der Waals surface area (Å²) in [6, 6.07) is 1.86. The molecule has 1 aromatic rings. The van der Waals surface area contributed by atoms with Crippen LogP contribution in [0.3, 0.4) is 0 Å².